The molecule has 2 aromatic rings. The van der Waals surface area contributed by atoms with Crippen molar-refractivity contribution in [2.24, 2.45) is 5.73 Å². The standard InChI is InChI=1S/C15H13F2N3.C3H6O.CH5N/c16-15(17)6-2-8-20(10-15)13-5-4-11(9-18)14-12(13)3-1-7-19-14;1-2-3-4;1-2/h1,3-5,7H,2,6,8,10H2;3H,2H2,1H3;2H2,1H3. The predicted molar refractivity (Wildman–Crippen MR) is 99.3 cm³/mol. The number of nitriles is 1. The van der Waals surface area contributed by atoms with E-state index >= 15 is 0 Å². The first-order valence-electron chi connectivity index (χ1n) is 8.44. The summed E-state index contributed by atoms with van der Waals surface area (Å²) in [5.41, 5.74) is 6.26. The first kappa shape index (κ1) is 21.5. The Labute approximate surface area is 152 Å². The Balaban J connectivity index is 0.000000500. The van der Waals surface area contributed by atoms with Crippen LogP contribution in [0.2, 0.25) is 0 Å². The second-order valence-electron chi connectivity index (χ2n) is 5.60. The molecule has 0 spiro atoms. The van der Waals surface area contributed by atoms with Gasteiger partial charge in [-0.15, -0.1) is 0 Å². The van der Waals surface area contributed by atoms with Crippen molar-refractivity contribution in [3.8, 4) is 6.07 Å². The molecule has 0 atom stereocenters. The van der Waals surface area contributed by atoms with Gasteiger partial charge >= 0.3 is 0 Å². The number of piperidine rings is 1. The molecule has 1 aromatic carbocycles. The first-order chi connectivity index (χ1) is 12.5. The Morgan fingerprint density at radius 3 is 2.65 bits per heavy atom. The minimum Gasteiger partial charge on any atom is -0.365 e. The van der Waals surface area contributed by atoms with Gasteiger partial charge in [-0.05, 0) is 37.7 Å². The van der Waals surface area contributed by atoms with Crippen molar-refractivity contribution >= 4 is 22.9 Å². The van der Waals surface area contributed by atoms with Gasteiger partial charge in [0.05, 0.1) is 17.6 Å². The zero-order valence-corrected chi connectivity index (χ0v) is 15.1. The molecular weight excluding hydrogens is 338 g/mol. The fourth-order valence-electron chi connectivity index (χ4n) is 2.70. The summed E-state index contributed by atoms with van der Waals surface area (Å²) < 4.78 is 27.2. The van der Waals surface area contributed by atoms with Crippen LogP contribution < -0.4 is 10.6 Å². The number of rotatable bonds is 2. The van der Waals surface area contributed by atoms with Gasteiger partial charge in [0, 0.05) is 36.7 Å². The minimum atomic E-state index is -2.65. The molecule has 140 valence electrons. The number of aromatic nitrogens is 1. The van der Waals surface area contributed by atoms with Gasteiger partial charge in [0.1, 0.15) is 12.4 Å². The smallest absolute Gasteiger partial charge is 0.265 e. The van der Waals surface area contributed by atoms with Gasteiger partial charge in [0.15, 0.2) is 0 Å². The molecule has 7 heteroatoms. The van der Waals surface area contributed by atoms with E-state index in [4.69, 9.17) is 5.26 Å². The number of anilines is 1. The Morgan fingerprint density at radius 1 is 1.38 bits per heavy atom. The normalized spacial score (nSPS) is 15.0. The molecule has 26 heavy (non-hydrogen) atoms. The molecule has 0 amide bonds. The number of nitrogens with zero attached hydrogens (tertiary/aromatic N) is 3. The molecule has 0 bridgehead atoms. The number of nitrogens with two attached hydrogens (primary N) is 1. The average Bonchev–Trinajstić information content (AvgIpc) is 2.68. The Kier molecular flexibility index (Phi) is 8.59. The highest BCUT2D eigenvalue weighted by atomic mass is 19.3. The van der Waals surface area contributed by atoms with Crippen molar-refractivity contribution in [1.82, 2.24) is 4.98 Å². The van der Waals surface area contributed by atoms with Crippen LogP contribution in [-0.4, -0.2) is 37.3 Å². The summed E-state index contributed by atoms with van der Waals surface area (Å²) in [5.74, 6) is -2.65. The van der Waals surface area contributed by atoms with Gasteiger partial charge in [-0.1, -0.05) is 6.92 Å². The highest BCUT2D eigenvalue weighted by molar-refractivity contribution is 5.95. The summed E-state index contributed by atoms with van der Waals surface area (Å²) in [5, 5.41) is 9.85. The van der Waals surface area contributed by atoms with Gasteiger partial charge in [-0.2, -0.15) is 5.26 Å². The van der Waals surface area contributed by atoms with E-state index in [1.54, 1.807) is 29.3 Å². The first-order valence-corrected chi connectivity index (χ1v) is 8.44. The van der Waals surface area contributed by atoms with Crippen LogP contribution in [0.3, 0.4) is 0 Å². The van der Waals surface area contributed by atoms with E-state index in [1.165, 1.54) is 7.05 Å². The van der Waals surface area contributed by atoms with Crippen LogP contribution in [0.5, 0.6) is 0 Å². The number of fused-ring (bicyclic) bond motifs is 1. The summed E-state index contributed by atoms with van der Waals surface area (Å²) in [6.45, 7) is 2.14. The van der Waals surface area contributed by atoms with E-state index < -0.39 is 5.92 Å². The summed E-state index contributed by atoms with van der Waals surface area (Å²) >= 11 is 0. The zero-order chi connectivity index (χ0) is 19.6. The van der Waals surface area contributed by atoms with Crippen molar-refractivity contribution in [3.05, 3.63) is 36.0 Å². The van der Waals surface area contributed by atoms with Crippen molar-refractivity contribution in [2.45, 2.75) is 32.1 Å². The lowest BCUT2D eigenvalue weighted by molar-refractivity contribution is -0.107. The molecule has 2 heterocycles. The van der Waals surface area contributed by atoms with E-state index in [0.29, 0.717) is 30.5 Å². The molecule has 5 nitrogen and oxygen atoms in total. The fraction of sp³-hybridized carbons (Fsp3) is 0.421. The van der Waals surface area contributed by atoms with Crippen molar-refractivity contribution in [2.75, 3.05) is 25.0 Å². The lowest BCUT2D eigenvalue weighted by Crippen LogP contribution is -2.42. The molecule has 1 fully saturated rings. The highest BCUT2D eigenvalue weighted by Gasteiger charge is 2.35. The maximum absolute atomic E-state index is 13.6. The fourth-order valence-corrected chi connectivity index (χ4v) is 2.70. The summed E-state index contributed by atoms with van der Waals surface area (Å²) in [6, 6.07) is 9.06. The van der Waals surface area contributed by atoms with E-state index in [9.17, 15) is 13.6 Å². The van der Waals surface area contributed by atoms with Crippen LogP contribution in [0.4, 0.5) is 14.5 Å². The Bertz CT molecular complexity index is 759. The molecule has 1 aliphatic rings. The molecule has 2 N–H and O–H groups in total. The van der Waals surface area contributed by atoms with Crippen molar-refractivity contribution in [3.63, 3.8) is 0 Å². The van der Waals surface area contributed by atoms with Crippen LogP contribution in [0.1, 0.15) is 31.7 Å². The van der Waals surface area contributed by atoms with Crippen molar-refractivity contribution in [1.29, 1.82) is 5.26 Å². The third kappa shape index (κ3) is 5.46. The quantitative estimate of drug-likeness (QED) is 0.827. The summed E-state index contributed by atoms with van der Waals surface area (Å²) in [7, 11) is 1.50. The monoisotopic (exact) mass is 362 g/mol. The molecule has 0 unspecified atom stereocenters. The van der Waals surface area contributed by atoms with Gasteiger partial charge in [-0.25, -0.2) is 8.78 Å². The van der Waals surface area contributed by atoms with Crippen LogP contribution in [0.25, 0.3) is 10.9 Å². The Hall–Kier alpha value is -2.59. The molecule has 0 radical (unpaired) electrons. The topological polar surface area (TPSA) is 83.0 Å². The number of carbonyl (C=O) groups excluding carboxylic acids is 1. The molecule has 1 aliphatic heterocycles. The van der Waals surface area contributed by atoms with E-state index in [1.807, 2.05) is 13.0 Å². The number of hydrogen-bond donors (Lipinski definition) is 1. The lowest BCUT2D eigenvalue weighted by Gasteiger charge is -2.34. The summed E-state index contributed by atoms with van der Waals surface area (Å²) in [6.07, 6.45) is 3.53. The predicted octanol–water partition coefficient (Wildman–Crippen LogP) is 3.51. The largest absolute Gasteiger partial charge is 0.365 e. The van der Waals surface area contributed by atoms with Crippen molar-refractivity contribution < 1.29 is 13.6 Å². The van der Waals surface area contributed by atoms with Gasteiger partial charge in [0.2, 0.25) is 0 Å². The Morgan fingerprint density at radius 2 is 2.08 bits per heavy atom. The van der Waals surface area contributed by atoms with Crippen LogP contribution in [0, 0.1) is 11.3 Å². The van der Waals surface area contributed by atoms with Crippen LogP contribution >= 0.6 is 0 Å². The third-order valence-electron chi connectivity index (χ3n) is 3.77. The van der Waals surface area contributed by atoms with Gasteiger partial charge < -0.3 is 15.4 Å². The molecule has 0 saturated carbocycles. The van der Waals surface area contributed by atoms with Crippen LogP contribution in [-0.2, 0) is 4.79 Å². The molecule has 3 rings (SSSR count). The number of hydrogen-bond acceptors (Lipinski definition) is 5. The minimum absolute atomic E-state index is 0.0596. The SMILES string of the molecule is CCC=O.CN.N#Cc1ccc(N2CCCC(F)(F)C2)c2cccnc12. The second kappa shape index (κ2) is 10.4. The number of carbonyl (C=O) groups is 1. The van der Waals surface area contributed by atoms with E-state index in [-0.39, 0.29) is 13.0 Å². The maximum atomic E-state index is 13.6. The second-order valence-corrected chi connectivity index (χ2v) is 5.60. The zero-order valence-electron chi connectivity index (χ0n) is 15.1. The molecular formula is C19H24F2N4O. The number of alkyl halides is 2. The maximum Gasteiger partial charge on any atom is 0.265 e. The average molecular weight is 362 g/mol. The number of aldehydes is 1. The lowest BCUT2D eigenvalue weighted by atomic mass is 10.0. The number of halogens is 2. The number of pyridine rings is 1. The third-order valence-corrected chi connectivity index (χ3v) is 3.77. The molecule has 0 aliphatic carbocycles. The molecule has 1 aromatic heterocycles. The highest BCUT2D eigenvalue weighted by Crippen LogP contribution is 2.34. The van der Waals surface area contributed by atoms with Crippen LogP contribution in [0.15, 0.2) is 30.5 Å². The van der Waals surface area contributed by atoms with Gasteiger partial charge in [0.25, 0.3) is 5.92 Å². The number of benzene rings is 1. The van der Waals surface area contributed by atoms with E-state index in [0.717, 1.165) is 17.4 Å². The van der Waals surface area contributed by atoms with E-state index in [2.05, 4.69) is 16.8 Å². The molecule has 1 saturated heterocycles. The van der Waals surface area contributed by atoms with Gasteiger partial charge in [-0.3, -0.25) is 4.98 Å². The summed E-state index contributed by atoms with van der Waals surface area (Å²) in [4.78, 5) is 15.1.